The molecule has 2 saturated heterocycles. The summed E-state index contributed by atoms with van der Waals surface area (Å²) in [4.78, 5) is 139. The van der Waals surface area contributed by atoms with Gasteiger partial charge in [-0.05, 0) is 82.2 Å². The van der Waals surface area contributed by atoms with Gasteiger partial charge in [0.25, 0.3) is 11.8 Å². The number of ether oxygens (including phenoxy) is 1. The van der Waals surface area contributed by atoms with Gasteiger partial charge in [-0.2, -0.15) is 5.11 Å². The Morgan fingerprint density at radius 3 is 2.09 bits per heavy atom. The Balaban J connectivity index is 0.826. The summed E-state index contributed by atoms with van der Waals surface area (Å²) in [6.07, 6.45) is 3.50. The van der Waals surface area contributed by atoms with Gasteiger partial charge in [0, 0.05) is 97.2 Å². The number of carbonyl (C=O) groups excluding carboxylic acids is 7. The second-order valence-electron chi connectivity index (χ2n) is 24.4. The molecule has 1 saturated carbocycles. The number of piperazine rings is 1. The van der Waals surface area contributed by atoms with E-state index in [9.17, 15) is 38.7 Å². The number of rotatable bonds is 14. The number of fused-ring (bicyclic) bond motifs is 14. The molecule has 8 aromatic rings. The monoisotopic (exact) mass is 1430 g/mol. The highest BCUT2D eigenvalue weighted by Gasteiger charge is 2.36. The van der Waals surface area contributed by atoms with Crippen LogP contribution in [0.4, 0.5) is 5.82 Å². The fraction of sp³-hybridized carbons (Fsp3) is 0.446. The number of likely N-dealkylation sites (tertiary alicyclic amines) is 1. The first-order chi connectivity index (χ1) is 47.0. The molecule has 1 aliphatic carbocycles. The minimum Gasteiger partial charge on any atom is -0.386 e. The normalized spacial score (nSPS) is 20.4. The van der Waals surface area contributed by atoms with E-state index < -0.39 is 60.3 Å². The SMILES string of the molecule is CNC(=O)C[C@@H]1N=NC(=O)c2csc(n2)-c2ccc(-c3nc(NC(=O)C4CCC(C(=O)N5CCN(CCN6CCCC6)CC5)CC4)cs3)nc2-c2csc(n2)-c2csc(n2)[C@H]([C@@H](O)c2ccccc2)NC(=O)CNC(=O)c2nc(sc2COC)[C@H](C(C)C)NC(=O)c2nc1sc2C. The van der Waals surface area contributed by atoms with E-state index in [-0.39, 0.29) is 64.7 Å². The summed E-state index contributed by atoms with van der Waals surface area (Å²) < 4.78 is 5.47. The van der Waals surface area contributed by atoms with E-state index in [4.69, 9.17) is 34.6 Å². The predicted octanol–water partition coefficient (Wildman–Crippen LogP) is 9.16. The molecule has 0 radical (unpaired) electrons. The van der Waals surface area contributed by atoms with Crippen molar-refractivity contribution in [3.63, 3.8) is 0 Å². The molecule has 4 aliphatic rings. The van der Waals surface area contributed by atoms with Gasteiger partial charge in [0.05, 0.1) is 36.2 Å². The molecular formula is C65H73N17O9S6. The van der Waals surface area contributed by atoms with Crippen molar-refractivity contribution in [1.29, 1.82) is 0 Å². The van der Waals surface area contributed by atoms with Crippen LogP contribution in [0.3, 0.4) is 0 Å². The number of methoxy groups -OCH3 is 1. The van der Waals surface area contributed by atoms with Gasteiger partial charge in [0.15, 0.2) is 0 Å². The zero-order chi connectivity index (χ0) is 67.9. The van der Waals surface area contributed by atoms with Crippen LogP contribution in [0.15, 0.2) is 74.2 Å². The minimum absolute atomic E-state index is 0.00268. The van der Waals surface area contributed by atoms with Crippen LogP contribution in [-0.4, -0.2) is 169 Å². The number of benzene rings is 1. The summed E-state index contributed by atoms with van der Waals surface area (Å²) in [5.74, 6) is -3.32. The van der Waals surface area contributed by atoms with Crippen LogP contribution in [0.25, 0.3) is 43.4 Å². The fourth-order valence-electron chi connectivity index (χ4n) is 12.1. The van der Waals surface area contributed by atoms with Crippen molar-refractivity contribution < 1.29 is 43.4 Å². The molecular weight excluding hydrogens is 1360 g/mol. The largest absolute Gasteiger partial charge is 0.386 e. The van der Waals surface area contributed by atoms with Crippen LogP contribution in [0.5, 0.6) is 0 Å². The maximum atomic E-state index is 14.3. The lowest BCUT2D eigenvalue weighted by Gasteiger charge is -2.38. The number of nitrogens with one attached hydrogen (secondary N) is 5. The quantitative estimate of drug-likeness (QED) is 0.0590. The number of anilines is 1. The molecule has 7 aromatic heterocycles. The Morgan fingerprint density at radius 2 is 1.35 bits per heavy atom. The Kier molecular flexibility index (Phi) is 22.3. The van der Waals surface area contributed by atoms with Crippen molar-refractivity contribution in [3.8, 4) is 43.4 Å². The first kappa shape index (κ1) is 69.0. The number of carbonyl (C=O) groups is 7. The highest BCUT2D eigenvalue weighted by molar-refractivity contribution is 7.15. The number of pyridine rings is 1. The molecule has 0 unspecified atom stereocenters. The number of aliphatic hydroxyl groups is 1. The second kappa shape index (κ2) is 31.3. The third-order valence-electron chi connectivity index (χ3n) is 17.5. The highest BCUT2D eigenvalue weighted by atomic mass is 32.1. The fourth-order valence-corrected chi connectivity index (χ4v) is 17.6. The highest BCUT2D eigenvalue weighted by Crippen LogP contribution is 2.41. The molecule has 4 atom stereocenters. The molecule has 0 spiro atoms. The molecule has 6 N–H and O–H groups in total. The van der Waals surface area contributed by atoms with Gasteiger partial charge in [0.2, 0.25) is 23.6 Å². The van der Waals surface area contributed by atoms with E-state index >= 15 is 0 Å². The Morgan fingerprint density at radius 1 is 0.670 bits per heavy atom. The molecule has 10 heterocycles. The van der Waals surface area contributed by atoms with Crippen molar-refractivity contribution in [3.05, 3.63) is 111 Å². The summed E-state index contributed by atoms with van der Waals surface area (Å²) in [6, 6.07) is 9.49. The number of azo groups is 1. The summed E-state index contributed by atoms with van der Waals surface area (Å²) in [5.41, 5.74) is 2.68. The van der Waals surface area contributed by atoms with Gasteiger partial charge >= 0.3 is 5.91 Å². The van der Waals surface area contributed by atoms with E-state index in [0.717, 1.165) is 61.9 Å². The number of aliphatic hydroxyl groups excluding tert-OH is 1. The third kappa shape index (κ3) is 16.3. The van der Waals surface area contributed by atoms with E-state index in [1.165, 1.54) is 85.4 Å². The number of thiazole rings is 6. The number of nitrogens with zero attached hydrogens (tertiary/aromatic N) is 12. The molecule has 26 nitrogen and oxygen atoms in total. The number of aromatic nitrogens is 7. The van der Waals surface area contributed by atoms with Gasteiger partial charge in [-0.25, -0.2) is 34.9 Å². The van der Waals surface area contributed by atoms with Gasteiger partial charge in [-0.15, -0.1) is 73.1 Å². The van der Waals surface area contributed by atoms with Crippen LogP contribution in [0, 0.1) is 24.7 Å². The van der Waals surface area contributed by atoms with Gasteiger partial charge < -0.3 is 46.2 Å². The zero-order valence-corrected chi connectivity index (χ0v) is 58.8. The maximum Gasteiger partial charge on any atom is 0.314 e. The summed E-state index contributed by atoms with van der Waals surface area (Å²) in [7, 11) is 2.94. The van der Waals surface area contributed by atoms with Crippen molar-refractivity contribution in [2.75, 3.05) is 78.4 Å². The van der Waals surface area contributed by atoms with E-state index in [2.05, 4.69) is 51.6 Å². The molecule has 508 valence electrons. The van der Waals surface area contributed by atoms with Crippen LogP contribution in [-0.2, 0) is 30.5 Å². The average molecular weight is 1430 g/mol. The molecule has 7 amide bonds. The average Bonchev–Trinajstić information content (AvgIpc) is 1.68. The second-order valence-corrected chi connectivity index (χ2v) is 30.3. The predicted molar refractivity (Wildman–Crippen MR) is 371 cm³/mol. The number of hydrogen-bond acceptors (Lipinski definition) is 25. The topological polar surface area (TPSA) is 334 Å². The molecule has 97 heavy (non-hydrogen) atoms. The number of hydrogen-bond donors (Lipinski definition) is 6. The van der Waals surface area contributed by atoms with Crippen LogP contribution in [0.2, 0.25) is 0 Å². The molecule has 10 bridgehead atoms. The first-order valence-corrected chi connectivity index (χ1v) is 37.2. The lowest BCUT2D eigenvalue weighted by Crippen LogP contribution is -2.51. The molecule has 3 aliphatic heterocycles. The van der Waals surface area contributed by atoms with Crippen LogP contribution < -0.4 is 26.6 Å². The summed E-state index contributed by atoms with van der Waals surface area (Å²) in [6.45, 7) is 12.7. The maximum absolute atomic E-state index is 14.3. The standard InChI is InChI=1S/C65H73N17O9S6/c1-34(2)49-64-77-52(45(97-64)29-91-5)57(88)67-28-48(84)74-53(54(85)36-11-7-6-8-12-36)63-71-44(32-94-63)61-69-42(30-93-61)51-39(59-70-43(31-92-59)56(87)79-78-41(27-47(83)66-4)62-76-50(35(3)96-62)58(89)75-49)17-18-40(68-51)60-73-46(33-95-60)72-55(86)37-13-15-38(16-14-37)65(90)82-25-23-81(24-26-82)22-21-80-19-9-10-20-80/h6-8,11-12,17-18,30-34,37-38,41,49,53-54,85H,9-10,13-16,19-29H2,1-5H3,(H,66,83)(H,67,88)(H,72,86)(H,74,84)(H,75,89)/t37?,38?,41-,49-,53-,54-/m0/s1. The molecule has 3 fully saturated rings. The van der Waals surface area contributed by atoms with Crippen LogP contribution in [0.1, 0.15) is 145 Å². The first-order valence-electron chi connectivity index (χ1n) is 32.1. The number of amides is 7. The lowest BCUT2D eigenvalue weighted by molar-refractivity contribution is -0.139. The molecule has 32 heteroatoms. The number of aryl methyl sites for hydroxylation is 1. The van der Waals surface area contributed by atoms with E-state index in [0.29, 0.717) is 100 Å². The molecule has 12 rings (SSSR count). The van der Waals surface area contributed by atoms with Gasteiger partial charge in [-0.1, -0.05) is 44.2 Å². The zero-order valence-electron chi connectivity index (χ0n) is 53.9. The smallest absolute Gasteiger partial charge is 0.314 e. The lowest BCUT2D eigenvalue weighted by atomic mass is 9.81. The van der Waals surface area contributed by atoms with Gasteiger partial charge in [-0.3, -0.25) is 38.5 Å². The molecule has 1 aromatic carbocycles. The Bertz CT molecular complexity index is 4200. The Labute approximate surface area is 583 Å². The van der Waals surface area contributed by atoms with Crippen molar-refractivity contribution in [1.82, 2.24) is 70.9 Å². The van der Waals surface area contributed by atoms with E-state index in [1.54, 1.807) is 64.8 Å². The van der Waals surface area contributed by atoms with Crippen molar-refractivity contribution >= 4 is 115 Å². The van der Waals surface area contributed by atoms with Crippen molar-refractivity contribution in [2.45, 2.75) is 96.6 Å². The van der Waals surface area contributed by atoms with Crippen molar-refractivity contribution in [2.24, 2.45) is 28.0 Å². The third-order valence-corrected chi connectivity index (χ3v) is 23.2. The van der Waals surface area contributed by atoms with E-state index in [1.807, 2.05) is 24.8 Å². The summed E-state index contributed by atoms with van der Waals surface area (Å²) in [5, 5.41) is 43.9. The van der Waals surface area contributed by atoms with Crippen LogP contribution >= 0.6 is 68.0 Å². The minimum atomic E-state index is -1.28. The Hall–Kier alpha value is -7.92. The summed E-state index contributed by atoms with van der Waals surface area (Å²) >= 11 is 7.22. The van der Waals surface area contributed by atoms with Gasteiger partial charge in [0.1, 0.15) is 88.2 Å².